The molecule has 0 N–H and O–H groups in total. The van der Waals surface area contributed by atoms with Crippen LogP contribution in [0.25, 0.3) is 0 Å². The number of carbonyl (C=O) groups is 1. The van der Waals surface area contributed by atoms with Crippen molar-refractivity contribution >= 4 is 33.4 Å². The molecule has 0 saturated heterocycles. The van der Waals surface area contributed by atoms with E-state index in [1.54, 1.807) is 24.4 Å². The maximum Gasteiger partial charge on any atom is 0.254 e. The molecule has 0 radical (unpaired) electrons. The van der Waals surface area contributed by atoms with Crippen LogP contribution in [0.2, 0.25) is 5.02 Å². The van der Waals surface area contributed by atoms with Crippen molar-refractivity contribution in [3.05, 3.63) is 62.8 Å². The van der Waals surface area contributed by atoms with Crippen molar-refractivity contribution in [2.24, 2.45) is 0 Å². The van der Waals surface area contributed by atoms with Gasteiger partial charge in [0.2, 0.25) is 0 Å². The molecule has 1 aliphatic heterocycles. The molecule has 0 atom stereocenters. The Hall–Kier alpha value is -1.39. The molecule has 0 unspecified atom stereocenters. The maximum atomic E-state index is 12.5. The lowest BCUT2D eigenvalue weighted by atomic mass is 10.0. The van der Waals surface area contributed by atoms with E-state index in [0.29, 0.717) is 23.7 Å². The van der Waals surface area contributed by atoms with Crippen LogP contribution in [0, 0.1) is 0 Å². The van der Waals surface area contributed by atoms with Gasteiger partial charge in [-0.25, -0.2) is 0 Å². The molecule has 1 amide bonds. The van der Waals surface area contributed by atoms with Gasteiger partial charge in [-0.3, -0.25) is 9.78 Å². The van der Waals surface area contributed by atoms with E-state index in [-0.39, 0.29) is 5.91 Å². The fraction of sp³-hybridized carbons (Fsp3) is 0.200. The van der Waals surface area contributed by atoms with Gasteiger partial charge >= 0.3 is 0 Å². The molecule has 0 spiro atoms. The third-order valence-electron chi connectivity index (χ3n) is 3.36. The highest BCUT2D eigenvalue weighted by Gasteiger charge is 2.22. The molecule has 1 aromatic carbocycles. The minimum atomic E-state index is 0.00250. The summed E-state index contributed by atoms with van der Waals surface area (Å²) in [6.07, 6.45) is 2.59. The van der Waals surface area contributed by atoms with Crippen molar-refractivity contribution in [3.63, 3.8) is 0 Å². The van der Waals surface area contributed by atoms with Gasteiger partial charge in [0.1, 0.15) is 0 Å². The summed E-state index contributed by atoms with van der Waals surface area (Å²) in [5, 5.41) is 0.557. The number of aromatic nitrogens is 1. The minimum absolute atomic E-state index is 0.00250. The number of amides is 1. The average molecular weight is 352 g/mol. The van der Waals surface area contributed by atoms with E-state index in [4.69, 9.17) is 11.6 Å². The zero-order chi connectivity index (χ0) is 14.1. The van der Waals surface area contributed by atoms with Crippen LogP contribution in [0.5, 0.6) is 0 Å². The van der Waals surface area contributed by atoms with Crippen LogP contribution >= 0.6 is 27.5 Å². The highest BCUT2D eigenvalue weighted by Crippen LogP contribution is 2.23. The number of fused-ring (bicyclic) bond motifs is 1. The molecule has 20 heavy (non-hydrogen) atoms. The lowest BCUT2D eigenvalue weighted by Gasteiger charge is -2.28. The molecule has 2 heterocycles. The zero-order valence-electron chi connectivity index (χ0n) is 10.6. The number of hydrogen-bond acceptors (Lipinski definition) is 2. The molecule has 1 aromatic heterocycles. The lowest BCUT2D eigenvalue weighted by molar-refractivity contribution is 0.0733. The monoisotopic (exact) mass is 350 g/mol. The van der Waals surface area contributed by atoms with Crippen LogP contribution in [0.15, 0.2) is 41.0 Å². The van der Waals surface area contributed by atoms with Gasteiger partial charge in [0.05, 0.1) is 0 Å². The standard InChI is InChI=1S/C15H12BrClN2O/c16-12-6-11(7-13(17)8-12)15(20)19-5-3-14-10(9-19)2-1-4-18-14/h1-2,4,6-8H,3,5,9H2. The van der Waals surface area contributed by atoms with E-state index in [1.165, 1.54) is 0 Å². The van der Waals surface area contributed by atoms with Crippen molar-refractivity contribution < 1.29 is 4.79 Å². The Labute approximate surface area is 130 Å². The largest absolute Gasteiger partial charge is 0.334 e. The summed E-state index contributed by atoms with van der Waals surface area (Å²) in [5.74, 6) is 0.00250. The minimum Gasteiger partial charge on any atom is -0.334 e. The summed E-state index contributed by atoms with van der Waals surface area (Å²) >= 11 is 9.37. The van der Waals surface area contributed by atoms with E-state index < -0.39 is 0 Å². The molecule has 3 rings (SSSR count). The van der Waals surface area contributed by atoms with Gasteiger partial charge < -0.3 is 4.90 Å². The normalized spacial score (nSPS) is 14.0. The van der Waals surface area contributed by atoms with Crippen molar-refractivity contribution in [2.75, 3.05) is 6.54 Å². The van der Waals surface area contributed by atoms with Gasteiger partial charge in [-0.05, 0) is 29.8 Å². The molecule has 3 nitrogen and oxygen atoms in total. The van der Waals surface area contributed by atoms with Crippen LogP contribution in [-0.4, -0.2) is 22.3 Å². The van der Waals surface area contributed by atoms with Gasteiger partial charge in [-0.15, -0.1) is 0 Å². The molecular weight excluding hydrogens is 340 g/mol. The fourth-order valence-corrected chi connectivity index (χ4v) is 3.26. The predicted octanol–water partition coefficient (Wildman–Crippen LogP) is 3.70. The molecule has 0 fully saturated rings. The Balaban J connectivity index is 1.86. The van der Waals surface area contributed by atoms with Gasteiger partial charge in [0.25, 0.3) is 5.91 Å². The number of halogens is 2. The van der Waals surface area contributed by atoms with Gasteiger partial charge in [0, 0.05) is 46.5 Å². The summed E-state index contributed by atoms with van der Waals surface area (Å²) in [6, 6.07) is 9.20. The smallest absolute Gasteiger partial charge is 0.254 e. The number of rotatable bonds is 1. The molecule has 0 bridgehead atoms. The maximum absolute atomic E-state index is 12.5. The van der Waals surface area contributed by atoms with E-state index >= 15 is 0 Å². The van der Waals surface area contributed by atoms with Crippen molar-refractivity contribution in [1.29, 1.82) is 0 Å². The SMILES string of the molecule is O=C(c1cc(Cl)cc(Br)c1)N1CCc2ncccc2C1. The first kappa shape index (κ1) is 13.6. The van der Waals surface area contributed by atoms with Crippen LogP contribution in [0.4, 0.5) is 0 Å². The molecule has 102 valence electrons. The number of nitrogens with zero attached hydrogens (tertiary/aromatic N) is 2. The summed E-state index contributed by atoms with van der Waals surface area (Å²) in [4.78, 5) is 18.7. The van der Waals surface area contributed by atoms with E-state index in [2.05, 4.69) is 20.9 Å². The van der Waals surface area contributed by atoms with Gasteiger partial charge in [0.15, 0.2) is 0 Å². The van der Waals surface area contributed by atoms with Gasteiger partial charge in [-0.1, -0.05) is 33.6 Å². The van der Waals surface area contributed by atoms with Crippen LogP contribution < -0.4 is 0 Å². The highest BCUT2D eigenvalue weighted by atomic mass is 79.9. The molecule has 2 aromatic rings. The first-order chi connectivity index (χ1) is 9.63. The fourth-order valence-electron chi connectivity index (χ4n) is 2.40. The number of carbonyl (C=O) groups excluding carboxylic acids is 1. The Morgan fingerprint density at radius 3 is 3.00 bits per heavy atom. The third kappa shape index (κ3) is 2.72. The Bertz CT molecular complexity index is 654. The lowest BCUT2D eigenvalue weighted by Crippen LogP contribution is -2.36. The summed E-state index contributed by atoms with van der Waals surface area (Å²) in [7, 11) is 0. The number of hydrogen-bond donors (Lipinski definition) is 0. The van der Waals surface area contributed by atoms with Crippen molar-refractivity contribution in [1.82, 2.24) is 9.88 Å². The zero-order valence-corrected chi connectivity index (χ0v) is 13.0. The molecule has 5 heteroatoms. The third-order valence-corrected chi connectivity index (χ3v) is 4.04. The van der Waals surface area contributed by atoms with E-state index in [9.17, 15) is 4.79 Å². The van der Waals surface area contributed by atoms with Crippen LogP contribution in [-0.2, 0) is 13.0 Å². The molecule has 1 aliphatic rings. The Morgan fingerprint density at radius 1 is 1.35 bits per heavy atom. The first-order valence-electron chi connectivity index (χ1n) is 6.31. The summed E-state index contributed by atoms with van der Waals surface area (Å²) < 4.78 is 0.812. The first-order valence-corrected chi connectivity index (χ1v) is 7.49. The van der Waals surface area contributed by atoms with E-state index in [0.717, 1.165) is 22.2 Å². The average Bonchev–Trinajstić information content (AvgIpc) is 2.45. The number of pyridine rings is 1. The van der Waals surface area contributed by atoms with Gasteiger partial charge in [-0.2, -0.15) is 0 Å². The second-order valence-electron chi connectivity index (χ2n) is 4.74. The van der Waals surface area contributed by atoms with Crippen LogP contribution in [0.3, 0.4) is 0 Å². The second-order valence-corrected chi connectivity index (χ2v) is 6.10. The van der Waals surface area contributed by atoms with E-state index in [1.807, 2.05) is 17.0 Å². The number of benzene rings is 1. The molecular formula is C15H12BrClN2O. The van der Waals surface area contributed by atoms with Crippen LogP contribution in [0.1, 0.15) is 21.6 Å². The molecule has 0 aliphatic carbocycles. The Morgan fingerprint density at radius 2 is 2.20 bits per heavy atom. The predicted molar refractivity (Wildman–Crippen MR) is 81.8 cm³/mol. The highest BCUT2D eigenvalue weighted by molar-refractivity contribution is 9.10. The summed E-state index contributed by atoms with van der Waals surface area (Å²) in [5.41, 5.74) is 2.81. The summed E-state index contributed by atoms with van der Waals surface area (Å²) in [6.45, 7) is 1.29. The van der Waals surface area contributed by atoms with Crippen molar-refractivity contribution in [3.8, 4) is 0 Å². The topological polar surface area (TPSA) is 33.2 Å². The Kier molecular flexibility index (Phi) is 3.76. The second kappa shape index (κ2) is 5.54. The quantitative estimate of drug-likeness (QED) is 0.785. The molecule has 0 saturated carbocycles. The van der Waals surface area contributed by atoms with Crippen molar-refractivity contribution in [2.45, 2.75) is 13.0 Å².